The molecular formula is C18H22N2O2. The second kappa shape index (κ2) is 6.07. The van der Waals surface area contributed by atoms with E-state index in [0.29, 0.717) is 13.2 Å². The Balaban J connectivity index is 1.86. The van der Waals surface area contributed by atoms with Crippen LogP contribution in [0.1, 0.15) is 19.4 Å². The number of carbonyl (C=O) groups excluding carboxylic acids is 1. The second-order valence-electron chi connectivity index (χ2n) is 6.20. The molecule has 2 N–H and O–H groups in total. The molecule has 1 heterocycles. The Labute approximate surface area is 130 Å². The second-order valence-corrected chi connectivity index (χ2v) is 6.20. The van der Waals surface area contributed by atoms with Crippen LogP contribution < -0.4 is 10.6 Å². The Morgan fingerprint density at radius 3 is 2.77 bits per heavy atom. The molecule has 4 nitrogen and oxygen atoms in total. The minimum Gasteiger partial charge on any atom is -0.366 e. The van der Waals surface area contributed by atoms with E-state index in [4.69, 9.17) is 4.74 Å². The lowest BCUT2D eigenvalue weighted by Gasteiger charge is -2.31. The molecule has 4 heteroatoms. The number of benzene rings is 2. The summed E-state index contributed by atoms with van der Waals surface area (Å²) in [7, 11) is 0. The maximum Gasteiger partial charge on any atom is 0.251 e. The highest BCUT2D eigenvalue weighted by Crippen LogP contribution is 2.28. The molecule has 2 aromatic rings. The topological polar surface area (TPSA) is 50.4 Å². The normalized spacial score (nSPS) is 19.1. The fourth-order valence-corrected chi connectivity index (χ4v) is 2.96. The number of ether oxygens (including phenoxy) is 1. The van der Waals surface area contributed by atoms with Crippen molar-refractivity contribution in [1.82, 2.24) is 10.6 Å². The molecule has 0 saturated carbocycles. The van der Waals surface area contributed by atoms with Gasteiger partial charge < -0.3 is 15.4 Å². The molecule has 1 amide bonds. The third-order valence-corrected chi connectivity index (χ3v) is 4.12. The Kier molecular flexibility index (Phi) is 4.14. The van der Waals surface area contributed by atoms with Crippen LogP contribution in [0.15, 0.2) is 42.5 Å². The van der Waals surface area contributed by atoms with Crippen LogP contribution in [-0.2, 0) is 15.1 Å². The van der Waals surface area contributed by atoms with Crippen molar-refractivity contribution in [3.63, 3.8) is 0 Å². The lowest BCUT2D eigenvalue weighted by Crippen LogP contribution is -2.52. The number of hydrogen-bond acceptors (Lipinski definition) is 3. The molecular weight excluding hydrogens is 276 g/mol. The van der Waals surface area contributed by atoms with E-state index in [1.165, 1.54) is 5.39 Å². The molecule has 0 bridgehead atoms. The number of morpholine rings is 1. The molecule has 1 atom stereocenters. The minimum absolute atomic E-state index is 0.0647. The van der Waals surface area contributed by atoms with Crippen molar-refractivity contribution in [3.05, 3.63) is 48.0 Å². The first-order chi connectivity index (χ1) is 10.6. The summed E-state index contributed by atoms with van der Waals surface area (Å²) >= 11 is 0. The molecule has 1 fully saturated rings. The number of rotatable bonds is 3. The predicted octanol–water partition coefficient (Wildman–Crippen LogP) is 2.18. The Hall–Kier alpha value is -1.91. The van der Waals surface area contributed by atoms with Gasteiger partial charge in [0.2, 0.25) is 0 Å². The van der Waals surface area contributed by atoms with Gasteiger partial charge in [0.15, 0.2) is 0 Å². The van der Waals surface area contributed by atoms with Gasteiger partial charge in [0.05, 0.1) is 12.1 Å². The van der Waals surface area contributed by atoms with Gasteiger partial charge >= 0.3 is 0 Å². The van der Waals surface area contributed by atoms with Crippen LogP contribution in [-0.4, -0.2) is 31.7 Å². The highest BCUT2D eigenvalue weighted by molar-refractivity contribution is 5.88. The predicted molar refractivity (Wildman–Crippen MR) is 87.7 cm³/mol. The van der Waals surface area contributed by atoms with Gasteiger partial charge in [-0.2, -0.15) is 0 Å². The highest BCUT2D eigenvalue weighted by atomic mass is 16.5. The largest absolute Gasteiger partial charge is 0.366 e. The standard InChI is InChI=1S/C18H22N2O2/c1-18(2,20-17(21)16-12-19-10-11-22-16)15-9-5-7-13-6-3-4-8-14(13)15/h3-9,16,19H,10-12H2,1-2H3,(H,20,21)/t16-/m0/s1. The Morgan fingerprint density at radius 2 is 2.00 bits per heavy atom. The van der Waals surface area contributed by atoms with Crippen LogP contribution in [0.3, 0.4) is 0 Å². The molecule has 1 aliphatic heterocycles. The molecule has 1 saturated heterocycles. The maximum atomic E-state index is 12.4. The molecule has 2 aromatic carbocycles. The third-order valence-electron chi connectivity index (χ3n) is 4.12. The van der Waals surface area contributed by atoms with Crippen LogP contribution in [0.4, 0.5) is 0 Å². The SMILES string of the molecule is CC(C)(NC(=O)[C@@H]1CNCCO1)c1cccc2ccccc12. The lowest BCUT2D eigenvalue weighted by molar-refractivity contribution is -0.136. The fourth-order valence-electron chi connectivity index (χ4n) is 2.96. The first-order valence-corrected chi connectivity index (χ1v) is 7.70. The van der Waals surface area contributed by atoms with Crippen molar-refractivity contribution in [1.29, 1.82) is 0 Å². The number of nitrogens with one attached hydrogen (secondary N) is 2. The summed E-state index contributed by atoms with van der Waals surface area (Å²) in [6, 6.07) is 14.4. The first kappa shape index (κ1) is 15.0. The Morgan fingerprint density at radius 1 is 1.23 bits per heavy atom. The smallest absolute Gasteiger partial charge is 0.251 e. The summed E-state index contributed by atoms with van der Waals surface area (Å²) in [5, 5.41) is 8.66. The monoisotopic (exact) mass is 298 g/mol. The summed E-state index contributed by atoms with van der Waals surface area (Å²) in [6.07, 6.45) is -0.414. The summed E-state index contributed by atoms with van der Waals surface area (Å²) in [5.41, 5.74) is 0.654. The van der Waals surface area contributed by atoms with Gasteiger partial charge in [0.1, 0.15) is 6.10 Å². The van der Waals surface area contributed by atoms with E-state index in [1.807, 2.05) is 32.0 Å². The van der Waals surface area contributed by atoms with Gasteiger partial charge in [0, 0.05) is 13.1 Å². The maximum absolute atomic E-state index is 12.4. The summed E-state index contributed by atoms with van der Waals surface area (Å²) in [6.45, 7) is 6.01. The first-order valence-electron chi connectivity index (χ1n) is 7.70. The summed E-state index contributed by atoms with van der Waals surface area (Å²) in [4.78, 5) is 12.4. The van der Waals surface area contributed by atoms with Crippen molar-refractivity contribution >= 4 is 16.7 Å². The van der Waals surface area contributed by atoms with Crippen LogP contribution in [0.5, 0.6) is 0 Å². The summed E-state index contributed by atoms with van der Waals surface area (Å²) < 4.78 is 5.53. The van der Waals surface area contributed by atoms with Crippen molar-refractivity contribution in [2.24, 2.45) is 0 Å². The number of amides is 1. The quantitative estimate of drug-likeness (QED) is 0.913. The van der Waals surface area contributed by atoms with Gasteiger partial charge in [-0.05, 0) is 30.2 Å². The van der Waals surface area contributed by atoms with Crippen LogP contribution in [0.25, 0.3) is 10.8 Å². The van der Waals surface area contributed by atoms with Crippen LogP contribution >= 0.6 is 0 Å². The lowest BCUT2D eigenvalue weighted by atomic mass is 9.89. The van der Waals surface area contributed by atoms with Crippen LogP contribution in [0, 0.1) is 0 Å². The molecule has 0 aliphatic carbocycles. The molecule has 116 valence electrons. The Bertz CT molecular complexity index is 670. The van der Waals surface area contributed by atoms with Crippen LogP contribution in [0.2, 0.25) is 0 Å². The fraction of sp³-hybridized carbons (Fsp3) is 0.389. The zero-order valence-corrected chi connectivity index (χ0v) is 13.1. The molecule has 1 aliphatic rings. The van der Waals surface area contributed by atoms with E-state index in [0.717, 1.165) is 17.5 Å². The molecule has 22 heavy (non-hydrogen) atoms. The molecule has 0 spiro atoms. The van der Waals surface area contributed by atoms with Crippen molar-refractivity contribution < 1.29 is 9.53 Å². The molecule has 0 unspecified atom stereocenters. The molecule has 0 radical (unpaired) electrons. The number of hydrogen-bond donors (Lipinski definition) is 2. The zero-order chi connectivity index (χ0) is 15.6. The van der Waals surface area contributed by atoms with Crippen molar-refractivity contribution in [3.8, 4) is 0 Å². The van der Waals surface area contributed by atoms with E-state index in [9.17, 15) is 4.79 Å². The molecule has 3 rings (SSSR count). The average Bonchev–Trinajstić information content (AvgIpc) is 2.54. The minimum atomic E-state index is -0.460. The van der Waals surface area contributed by atoms with E-state index < -0.39 is 11.6 Å². The number of fused-ring (bicyclic) bond motifs is 1. The van der Waals surface area contributed by atoms with E-state index in [-0.39, 0.29) is 5.91 Å². The van der Waals surface area contributed by atoms with E-state index >= 15 is 0 Å². The van der Waals surface area contributed by atoms with Gasteiger partial charge in [-0.15, -0.1) is 0 Å². The third kappa shape index (κ3) is 2.98. The van der Waals surface area contributed by atoms with E-state index in [1.54, 1.807) is 0 Å². The number of carbonyl (C=O) groups is 1. The van der Waals surface area contributed by atoms with Crippen molar-refractivity contribution in [2.75, 3.05) is 19.7 Å². The van der Waals surface area contributed by atoms with E-state index in [2.05, 4.69) is 34.9 Å². The van der Waals surface area contributed by atoms with Gasteiger partial charge in [-0.1, -0.05) is 42.5 Å². The highest BCUT2D eigenvalue weighted by Gasteiger charge is 2.29. The zero-order valence-electron chi connectivity index (χ0n) is 13.1. The van der Waals surface area contributed by atoms with Gasteiger partial charge in [0.25, 0.3) is 5.91 Å². The molecule has 0 aromatic heterocycles. The van der Waals surface area contributed by atoms with Crippen molar-refractivity contribution in [2.45, 2.75) is 25.5 Å². The van der Waals surface area contributed by atoms with Gasteiger partial charge in [-0.3, -0.25) is 4.79 Å². The van der Waals surface area contributed by atoms with Gasteiger partial charge in [-0.25, -0.2) is 0 Å². The average molecular weight is 298 g/mol. The summed E-state index contributed by atoms with van der Waals surface area (Å²) in [5.74, 6) is -0.0647.